The molecule has 0 fully saturated rings. The van der Waals surface area contributed by atoms with Crippen LogP contribution in [0.15, 0.2) is 35.4 Å². The first-order valence-corrected chi connectivity index (χ1v) is 8.65. The van der Waals surface area contributed by atoms with Crippen LogP contribution in [-0.4, -0.2) is 14.0 Å². The van der Waals surface area contributed by atoms with E-state index in [0.29, 0.717) is 22.4 Å². The Kier molecular flexibility index (Phi) is 5.17. The van der Waals surface area contributed by atoms with Gasteiger partial charge in [0.15, 0.2) is 0 Å². The minimum Gasteiger partial charge on any atom is -0.398 e. The Balaban J connectivity index is 2.13. The van der Waals surface area contributed by atoms with E-state index >= 15 is 0 Å². The number of hydrogen-bond donors (Lipinski definition) is 1. The molecule has 1 aromatic carbocycles. The van der Waals surface area contributed by atoms with Gasteiger partial charge in [-0.05, 0) is 43.5 Å². The van der Waals surface area contributed by atoms with Crippen LogP contribution < -0.4 is 5.73 Å². The third-order valence-corrected chi connectivity index (χ3v) is 5.09. The van der Waals surface area contributed by atoms with Crippen molar-refractivity contribution in [2.45, 2.75) is 50.3 Å². The first-order chi connectivity index (χ1) is 10.0. The number of rotatable bonds is 6. The first kappa shape index (κ1) is 15.8. The highest BCUT2D eigenvalue weighted by Gasteiger charge is 2.13. The van der Waals surface area contributed by atoms with E-state index < -0.39 is 10.8 Å². The van der Waals surface area contributed by atoms with E-state index in [-0.39, 0.29) is 0 Å². The van der Waals surface area contributed by atoms with Crippen LogP contribution in [0.25, 0.3) is 0 Å². The molecule has 0 saturated carbocycles. The normalized spacial score (nSPS) is 12.8. The molecule has 0 aliphatic heterocycles. The van der Waals surface area contributed by atoms with E-state index in [1.807, 2.05) is 42.1 Å². The fourth-order valence-electron chi connectivity index (χ4n) is 2.41. The van der Waals surface area contributed by atoms with Gasteiger partial charge in [0, 0.05) is 11.9 Å². The summed E-state index contributed by atoms with van der Waals surface area (Å²) in [5, 5.41) is 4.55. The SMILES string of the molecule is CCC(CC)n1ccc(CS(=O)c2ccc(C)cc2N)n1. The van der Waals surface area contributed by atoms with Crippen molar-refractivity contribution in [1.82, 2.24) is 9.78 Å². The maximum Gasteiger partial charge on any atom is 0.0753 e. The van der Waals surface area contributed by atoms with Crippen LogP contribution in [0.1, 0.15) is 44.0 Å². The van der Waals surface area contributed by atoms with Gasteiger partial charge in [-0.3, -0.25) is 8.89 Å². The fraction of sp³-hybridized carbons (Fsp3) is 0.438. The number of aryl methyl sites for hydroxylation is 1. The highest BCUT2D eigenvalue weighted by molar-refractivity contribution is 7.84. The van der Waals surface area contributed by atoms with Gasteiger partial charge >= 0.3 is 0 Å². The van der Waals surface area contributed by atoms with E-state index in [2.05, 4.69) is 18.9 Å². The lowest BCUT2D eigenvalue weighted by Gasteiger charge is -2.12. The molecular weight excluding hydrogens is 282 g/mol. The predicted octanol–water partition coefficient (Wildman–Crippen LogP) is 3.44. The Morgan fingerprint density at radius 1 is 1.29 bits per heavy atom. The van der Waals surface area contributed by atoms with Crippen molar-refractivity contribution in [3.63, 3.8) is 0 Å². The molecule has 1 unspecified atom stereocenters. The first-order valence-electron chi connectivity index (χ1n) is 7.33. The van der Waals surface area contributed by atoms with Crippen molar-refractivity contribution in [2.24, 2.45) is 0 Å². The number of nitrogens with zero attached hydrogens (tertiary/aromatic N) is 2. The van der Waals surface area contributed by atoms with Gasteiger partial charge in [0.25, 0.3) is 0 Å². The van der Waals surface area contributed by atoms with Crippen LogP contribution in [0.5, 0.6) is 0 Å². The number of aromatic nitrogens is 2. The van der Waals surface area contributed by atoms with Gasteiger partial charge in [0.2, 0.25) is 0 Å². The second kappa shape index (κ2) is 6.89. The zero-order valence-electron chi connectivity index (χ0n) is 12.9. The number of nitrogen functional groups attached to an aromatic ring is 1. The van der Waals surface area contributed by atoms with Gasteiger partial charge in [-0.25, -0.2) is 0 Å². The van der Waals surface area contributed by atoms with Gasteiger partial charge in [-0.2, -0.15) is 5.10 Å². The van der Waals surface area contributed by atoms with Crippen LogP contribution in [-0.2, 0) is 16.6 Å². The molecule has 2 aromatic rings. The fourth-order valence-corrected chi connectivity index (χ4v) is 3.53. The van der Waals surface area contributed by atoms with Crippen molar-refractivity contribution >= 4 is 16.5 Å². The number of hydrogen-bond acceptors (Lipinski definition) is 3. The highest BCUT2D eigenvalue weighted by Crippen LogP contribution is 2.21. The molecule has 2 N–H and O–H groups in total. The Morgan fingerprint density at radius 2 is 2.00 bits per heavy atom. The van der Waals surface area contributed by atoms with E-state index in [0.717, 1.165) is 24.1 Å². The van der Waals surface area contributed by atoms with Crippen LogP contribution in [0.4, 0.5) is 5.69 Å². The van der Waals surface area contributed by atoms with Crippen molar-refractivity contribution in [3.8, 4) is 0 Å². The average molecular weight is 305 g/mol. The van der Waals surface area contributed by atoms with Gasteiger partial charge in [0.05, 0.1) is 33.2 Å². The smallest absolute Gasteiger partial charge is 0.0753 e. The lowest BCUT2D eigenvalue weighted by atomic mass is 10.2. The molecular formula is C16H23N3OS. The monoisotopic (exact) mass is 305 g/mol. The minimum atomic E-state index is -1.16. The van der Waals surface area contributed by atoms with E-state index in [1.165, 1.54) is 0 Å². The second-order valence-electron chi connectivity index (χ2n) is 5.29. The quantitative estimate of drug-likeness (QED) is 0.832. The van der Waals surface area contributed by atoms with Crippen molar-refractivity contribution in [3.05, 3.63) is 41.7 Å². The number of anilines is 1. The van der Waals surface area contributed by atoms with Gasteiger partial charge in [0.1, 0.15) is 0 Å². The lowest BCUT2D eigenvalue weighted by molar-refractivity contribution is 0.426. The Bertz CT molecular complexity index is 632. The third-order valence-electron chi connectivity index (χ3n) is 3.67. The summed E-state index contributed by atoms with van der Waals surface area (Å²) >= 11 is 0. The Morgan fingerprint density at radius 3 is 2.62 bits per heavy atom. The molecule has 0 radical (unpaired) electrons. The van der Waals surface area contributed by atoms with Crippen molar-refractivity contribution in [1.29, 1.82) is 0 Å². The molecule has 0 spiro atoms. The summed E-state index contributed by atoms with van der Waals surface area (Å²) in [6, 6.07) is 8.00. The van der Waals surface area contributed by atoms with Gasteiger partial charge in [-0.15, -0.1) is 0 Å². The maximum atomic E-state index is 12.4. The molecule has 5 heteroatoms. The van der Waals surface area contributed by atoms with Gasteiger partial charge < -0.3 is 5.73 Å². The predicted molar refractivity (Wildman–Crippen MR) is 87.5 cm³/mol. The Hall–Kier alpha value is -1.62. The van der Waals surface area contributed by atoms with Gasteiger partial charge in [-0.1, -0.05) is 19.9 Å². The zero-order valence-corrected chi connectivity index (χ0v) is 13.7. The van der Waals surface area contributed by atoms with E-state index in [1.54, 1.807) is 0 Å². The second-order valence-corrected chi connectivity index (χ2v) is 6.71. The molecule has 0 amide bonds. The summed E-state index contributed by atoms with van der Waals surface area (Å²) in [5.74, 6) is 0.403. The van der Waals surface area contributed by atoms with Crippen LogP contribution >= 0.6 is 0 Å². The van der Waals surface area contributed by atoms with E-state index in [9.17, 15) is 4.21 Å². The molecule has 2 rings (SSSR count). The summed E-state index contributed by atoms with van der Waals surface area (Å²) in [6.45, 7) is 6.28. The molecule has 0 aliphatic carbocycles. The molecule has 1 heterocycles. The standard InChI is InChI=1S/C16H23N3OS/c1-4-14(5-2)19-9-8-13(18-19)11-21(20)16-7-6-12(3)10-15(16)17/h6-10,14H,4-5,11,17H2,1-3H3. The summed E-state index contributed by atoms with van der Waals surface area (Å²) in [7, 11) is -1.16. The van der Waals surface area contributed by atoms with Crippen LogP contribution in [0.2, 0.25) is 0 Å². The topological polar surface area (TPSA) is 60.9 Å². The van der Waals surface area contributed by atoms with Crippen LogP contribution in [0, 0.1) is 6.92 Å². The zero-order chi connectivity index (χ0) is 15.4. The summed E-state index contributed by atoms with van der Waals surface area (Å²) in [6.07, 6.45) is 4.07. The van der Waals surface area contributed by atoms with Crippen molar-refractivity contribution in [2.75, 3.05) is 5.73 Å². The molecule has 4 nitrogen and oxygen atoms in total. The third kappa shape index (κ3) is 3.73. The highest BCUT2D eigenvalue weighted by atomic mass is 32.2. The largest absolute Gasteiger partial charge is 0.398 e. The maximum absolute atomic E-state index is 12.4. The molecule has 0 bridgehead atoms. The number of benzene rings is 1. The van der Waals surface area contributed by atoms with E-state index in [4.69, 9.17) is 5.73 Å². The van der Waals surface area contributed by atoms with Crippen LogP contribution in [0.3, 0.4) is 0 Å². The average Bonchev–Trinajstić information content (AvgIpc) is 2.88. The minimum absolute atomic E-state index is 0.403. The molecule has 114 valence electrons. The molecule has 0 saturated heterocycles. The van der Waals surface area contributed by atoms with Crippen molar-refractivity contribution < 1.29 is 4.21 Å². The molecule has 21 heavy (non-hydrogen) atoms. The number of nitrogens with two attached hydrogens (primary N) is 1. The molecule has 1 atom stereocenters. The summed E-state index contributed by atoms with van der Waals surface area (Å²) in [4.78, 5) is 0.692. The summed E-state index contributed by atoms with van der Waals surface area (Å²) in [5.41, 5.74) is 8.47. The Labute approximate surface area is 128 Å². The molecule has 1 aromatic heterocycles. The summed E-state index contributed by atoms with van der Waals surface area (Å²) < 4.78 is 14.4. The lowest BCUT2D eigenvalue weighted by Crippen LogP contribution is -2.08. The molecule has 0 aliphatic rings.